The van der Waals surface area contributed by atoms with Crippen molar-refractivity contribution in [3.05, 3.63) is 170 Å². The minimum atomic E-state index is -0.483. The molecule has 1 heteroatoms. The van der Waals surface area contributed by atoms with E-state index in [1.165, 1.54) is 0 Å². The predicted octanol–water partition coefficient (Wildman–Crippen LogP) is 12.6. The van der Waals surface area contributed by atoms with E-state index in [0.717, 1.165) is 0 Å². The lowest BCUT2D eigenvalue weighted by atomic mass is 9.83. The normalized spacial score (nSPS) is 15.0. The first-order chi connectivity index (χ1) is 26.9. The maximum atomic E-state index is 9.78. The molecule has 1 nitrogen and oxygen atoms in total. The molecule has 0 aliphatic heterocycles. The second-order valence-electron chi connectivity index (χ2n) is 10.8. The summed E-state index contributed by atoms with van der Waals surface area (Å²) in [6.07, 6.45) is 0. The van der Waals surface area contributed by atoms with Gasteiger partial charge in [-0.2, -0.15) is 0 Å². The Morgan fingerprint density at radius 1 is 0.356 bits per heavy atom. The zero-order valence-electron chi connectivity index (χ0n) is 34.7. The summed E-state index contributed by atoms with van der Waals surface area (Å²) >= 11 is 0. The number of furan rings is 1. The number of hydrogen-bond acceptors (Lipinski definition) is 1. The SMILES string of the molecule is [2H]c1c([2H])c([2H])c(-c2ccccc2-c2c3ccccc3c(-c3c([2H])c([2H])c4oc5c([2H])c([2H])c(-c6ccccc6)c([2H])c5c4c3[2H])c3ccccc23)c([2H])c1[2H]. The first-order valence-electron chi connectivity index (χ1n) is 20.1. The summed E-state index contributed by atoms with van der Waals surface area (Å²) in [5.74, 6) is 0. The molecule has 9 rings (SSSR count). The Labute approximate surface area is 277 Å². The quantitative estimate of drug-likeness (QED) is 0.188. The lowest BCUT2D eigenvalue weighted by Crippen LogP contribution is -1.92. The summed E-state index contributed by atoms with van der Waals surface area (Å²) in [6.45, 7) is 0. The Morgan fingerprint density at radius 2 is 0.867 bits per heavy atom. The molecule has 0 radical (unpaired) electrons. The second-order valence-corrected chi connectivity index (χ2v) is 10.8. The molecule has 8 aromatic carbocycles. The van der Waals surface area contributed by atoms with Crippen LogP contribution < -0.4 is 0 Å². The van der Waals surface area contributed by atoms with Crippen molar-refractivity contribution in [2.45, 2.75) is 0 Å². The molecule has 0 aliphatic rings. The zero-order chi connectivity index (χ0) is 39.3. The smallest absolute Gasteiger partial charge is 0.135 e. The van der Waals surface area contributed by atoms with Crippen LogP contribution in [0, 0.1) is 0 Å². The molecular weight excluding hydrogens is 544 g/mol. The molecule has 0 aliphatic carbocycles. The molecule has 0 fully saturated rings. The highest BCUT2D eigenvalue weighted by molar-refractivity contribution is 6.23. The van der Waals surface area contributed by atoms with Gasteiger partial charge in [-0.3, -0.25) is 0 Å². The molecule has 0 N–H and O–H groups in total. The van der Waals surface area contributed by atoms with Crippen LogP contribution in [-0.4, -0.2) is 0 Å². The minimum Gasteiger partial charge on any atom is -0.456 e. The van der Waals surface area contributed by atoms with Crippen LogP contribution in [-0.2, 0) is 0 Å². The highest BCUT2D eigenvalue weighted by Crippen LogP contribution is 2.46. The first kappa shape index (κ1) is 16.8. The van der Waals surface area contributed by atoms with E-state index in [4.69, 9.17) is 14.0 Å². The van der Waals surface area contributed by atoms with Crippen LogP contribution in [0.3, 0.4) is 0 Å². The van der Waals surface area contributed by atoms with Crippen molar-refractivity contribution in [1.82, 2.24) is 0 Å². The van der Waals surface area contributed by atoms with Crippen LogP contribution in [0.4, 0.5) is 0 Å². The molecule has 210 valence electrons. The van der Waals surface area contributed by atoms with Crippen molar-refractivity contribution in [2.24, 2.45) is 0 Å². The third kappa shape index (κ3) is 4.17. The Hall–Kier alpha value is -5.92. The van der Waals surface area contributed by atoms with Crippen LogP contribution >= 0.6 is 0 Å². The molecule has 1 heterocycles. The standard InChI is InChI=1S/C44H28O/c1-3-13-29(14-4-1)31-23-25-41-39(27-31)40-28-32(24-26-42(40)45-41)43-35-19-9-11-21-37(35)44(38-22-12-10-20-36(38)43)34-18-8-7-17-33(34)30-15-5-2-6-16-30/h1-28H/i2D,5D,6D,15D,16D,23D,24D,25D,26D,27D,28D. The Balaban J connectivity index is 1.42. The fourth-order valence-electron chi connectivity index (χ4n) is 6.26. The Morgan fingerprint density at radius 3 is 1.51 bits per heavy atom. The van der Waals surface area contributed by atoms with Crippen LogP contribution in [0.25, 0.3) is 88.0 Å². The Kier molecular flexibility index (Phi) is 3.87. The van der Waals surface area contributed by atoms with Crippen LogP contribution in [0.15, 0.2) is 174 Å². The van der Waals surface area contributed by atoms with Gasteiger partial charge in [0.2, 0.25) is 0 Å². The second kappa shape index (κ2) is 10.4. The summed E-state index contributed by atoms with van der Waals surface area (Å²) in [6, 6.07) is 27.6. The van der Waals surface area contributed by atoms with Crippen molar-refractivity contribution < 1.29 is 19.5 Å². The van der Waals surface area contributed by atoms with Crippen LogP contribution in [0.5, 0.6) is 0 Å². The summed E-state index contributed by atoms with van der Waals surface area (Å²) in [4.78, 5) is 0. The average Bonchev–Trinajstić information content (AvgIpc) is 3.63. The zero-order valence-corrected chi connectivity index (χ0v) is 23.7. The monoisotopic (exact) mass is 583 g/mol. The van der Waals surface area contributed by atoms with E-state index in [1.54, 1.807) is 36.4 Å². The topological polar surface area (TPSA) is 13.1 Å². The van der Waals surface area contributed by atoms with Gasteiger partial charge >= 0.3 is 0 Å². The Bertz CT molecular complexity index is 3070. The van der Waals surface area contributed by atoms with Gasteiger partial charge in [-0.15, -0.1) is 0 Å². The van der Waals surface area contributed by atoms with Crippen molar-refractivity contribution in [3.8, 4) is 44.5 Å². The van der Waals surface area contributed by atoms with Gasteiger partial charge < -0.3 is 4.42 Å². The summed E-state index contributed by atoms with van der Waals surface area (Å²) < 4.78 is 104. The van der Waals surface area contributed by atoms with E-state index >= 15 is 0 Å². The van der Waals surface area contributed by atoms with E-state index in [9.17, 15) is 5.48 Å². The third-order valence-electron chi connectivity index (χ3n) is 8.22. The van der Waals surface area contributed by atoms with Crippen molar-refractivity contribution in [3.63, 3.8) is 0 Å². The average molecular weight is 584 g/mol. The molecule has 0 saturated carbocycles. The number of rotatable bonds is 4. The maximum absolute atomic E-state index is 9.78. The molecule has 0 unspecified atom stereocenters. The third-order valence-corrected chi connectivity index (χ3v) is 8.22. The van der Waals surface area contributed by atoms with Gasteiger partial charge in [0.15, 0.2) is 0 Å². The van der Waals surface area contributed by atoms with Gasteiger partial charge in [0.25, 0.3) is 0 Å². The molecule has 0 saturated heterocycles. The van der Waals surface area contributed by atoms with Gasteiger partial charge in [0.05, 0.1) is 15.1 Å². The molecule has 1 aromatic heterocycles. The summed E-state index contributed by atoms with van der Waals surface area (Å²) in [5, 5.41) is 2.90. The van der Waals surface area contributed by atoms with E-state index in [0.29, 0.717) is 49.4 Å². The first-order valence-corrected chi connectivity index (χ1v) is 14.6. The van der Waals surface area contributed by atoms with Crippen molar-refractivity contribution in [2.75, 3.05) is 0 Å². The van der Waals surface area contributed by atoms with Gasteiger partial charge in [0.1, 0.15) is 11.2 Å². The van der Waals surface area contributed by atoms with E-state index < -0.39 is 18.1 Å². The lowest BCUT2D eigenvalue weighted by molar-refractivity contribution is 0.669. The predicted molar refractivity (Wildman–Crippen MR) is 190 cm³/mol. The maximum Gasteiger partial charge on any atom is 0.135 e. The van der Waals surface area contributed by atoms with Gasteiger partial charge in [0, 0.05) is 10.8 Å². The highest BCUT2D eigenvalue weighted by Gasteiger charge is 2.19. The fourth-order valence-corrected chi connectivity index (χ4v) is 6.26. The molecule has 0 bridgehead atoms. The number of fused-ring (bicyclic) bond motifs is 5. The van der Waals surface area contributed by atoms with E-state index in [1.807, 2.05) is 66.7 Å². The lowest BCUT2D eigenvalue weighted by Gasteiger charge is -2.19. The van der Waals surface area contributed by atoms with Crippen molar-refractivity contribution >= 4 is 43.5 Å². The van der Waals surface area contributed by atoms with Gasteiger partial charge in [-0.05, 0) is 90.2 Å². The largest absolute Gasteiger partial charge is 0.456 e. The van der Waals surface area contributed by atoms with E-state index in [-0.39, 0.29) is 87.0 Å². The van der Waals surface area contributed by atoms with Crippen LogP contribution in [0.2, 0.25) is 0 Å². The van der Waals surface area contributed by atoms with E-state index in [2.05, 4.69) is 0 Å². The molecule has 9 aromatic rings. The summed E-state index contributed by atoms with van der Waals surface area (Å²) in [7, 11) is 0. The fraction of sp³-hybridized carbons (Fsp3) is 0. The molecule has 45 heavy (non-hydrogen) atoms. The minimum absolute atomic E-state index is 0.0625. The molecule has 0 atom stereocenters. The van der Waals surface area contributed by atoms with Crippen LogP contribution in [0.1, 0.15) is 15.1 Å². The molecular formula is C44H28O. The van der Waals surface area contributed by atoms with Gasteiger partial charge in [-0.1, -0.05) is 145 Å². The number of benzene rings is 8. The highest BCUT2D eigenvalue weighted by atomic mass is 16.3. The summed E-state index contributed by atoms with van der Waals surface area (Å²) in [5.41, 5.74) is 3.00. The molecule has 0 amide bonds. The number of hydrogen-bond donors (Lipinski definition) is 0. The van der Waals surface area contributed by atoms with Gasteiger partial charge in [-0.25, -0.2) is 0 Å². The van der Waals surface area contributed by atoms with Crippen molar-refractivity contribution in [1.29, 1.82) is 0 Å². The molecule has 0 spiro atoms.